The van der Waals surface area contributed by atoms with Gasteiger partial charge in [-0.05, 0) is 52.2 Å². The highest BCUT2D eigenvalue weighted by Gasteiger charge is 2.44. The van der Waals surface area contributed by atoms with Crippen LogP contribution >= 0.6 is 34.7 Å². The van der Waals surface area contributed by atoms with Crippen molar-refractivity contribution in [3.8, 4) is 5.75 Å². The van der Waals surface area contributed by atoms with Crippen molar-refractivity contribution in [3.63, 3.8) is 0 Å². The highest BCUT2D eigenvalue weighted by atomic mass is 35.5. The Kier molecular flexibility index (Phi) is 5.80. The third-order valence-electron chi connectivity index (χ3n) is 4.56. The van der Waals surface area contributed by atoms with Crippen LogP contribution in [0.15, 0.2) is 70.3 Å². The number of amides is 2. The molecule has 2 heterocycles. The van der Waals surface area contributed by atoms with Crippen molar-refractivity contribution in [1.29, 1.82) is 0 Å². The monoisotopic (exact) mass is 444 g/mol. The van der Waals surface area contributed by atoms with Gasteiger partial charge in [0.15, 0.2) is 5.25 Å². The first-order valence-electron chi connectivity index (χ1n) is 8.79. The van der Waals surface area contributed by atoms with Gasteiger partial charge in [-0.2, -0.15) is 11.3 Å². The molecule has 1 saturated heterocycles. The van der Waals surface area contributed by atoms with E-state index >= 15 is 0 Å². The number of benzene rings is 2. The molecule has 5 nitrogen and oxygen atoms in total. The van der Waals surface area contributed by atoms with E-state index < -0.39 is 11.3 Å². The molecule has 0 aliphatic carbocycles. The number of thioether (sulfide) groups is 1. The smallest absolute Gasteiger partial charge is 0.265 e. The van der Waals surface area contributed by atoms with E-state index in [9.17, 15) is 9.59 Å². The molecule has 1 N–H and O–H groups in total. The minimum Gasteiger partial charge on any atom is -0.497 e. The molecule has 2 amide bonds. The molecular formula is C21H17ClN2O3S2. The molecule has 0 radical (unpaired) electrons. The summed E-state index contributed by atoms with van der Waals surface area (Å²) in [6.45, 7) is 0. The minimum atomic E-state index is -0.894. The lowest BCUT2D eigenvalue weighted by molar-refractivity contribution is -0.131. The van der Waals surface area contributed by atoms with Gasteiger partial charge in [-0.1, -0.05) is 35.9 Å². The van der Waals surface area contributed by atoms with Crippen molar-refractivity contribution in [2.24, 2.45) is 0 Å². The third kappa shape index (κ3) is 3.99. The average molecular weight is 445 g/mol. The van der Waals surface area contributed by atoms with Crippen LogP contribution in [0.25, 0.3) is 0 Å². The molecule has 1 aliphatic heterocycles. The van der Waals surface area contributed by atoms with Gasteiger partial charge in [-0.3, -0.25) is 15.0 Å². The van der Waals surface area contributed by atoms with E-state index in [2.05, 4.69) is 5.43 Å². The maximum Gasteiger partial charge on any atom is 0.265 e. The standard InChI is InChI=1S/C21H17ClN2O3S2/c1-27-15-8-6-13(7-9-15)18(14-10-11-28-12-14)24-21(26)19(20(25)23-24)29-17-5-3-2-4-16(17)22/h2-12,18-19H,1H3,(H,23,25). The number of hydrogen-bond acceptors (Lipinski definition) is 5. The normalized spacial score (nSPS) is 17.3. The summed E-state index contributed by atoms with van der Waals surface area (Å²) in [7, 11) is 1.60. The lowest BCUT2D eigenvalue weighted by Gasteiger charge is -2.27. The van der Waals surface area contributed by atoms with Crippen LogP contribution in [-0.2, 0) is 9.59 Å². The lowest BCUT2D eigenvalue weighted by Crippen LogP contribution is -2.39. The van der Waals surface area contributed by atoms with Gasteiger partial charge in [0.2, 0.25) is 0 Å². The van der Waals surface area contributed by atoms with Crippen molar-refractivity contribution in [2.45, 2.75) is 16.2 Å². The fraction of sp³-hybridized carbons (Fsp3) is 0.143. The summed E-state index contributed by atoms with van der Waals surface area (Å²) >= 11 is 8.91. The molecule has 1 aromatic heterocycles. The molecule has 1 aliphatic rings. The number of carbonyl (C=O) groups is 2. The van der Waals surface area contributed by atoms with Crippen LogP contribution in [0.4, 0.5) is 0 Å². The Morgan fingerprint density at radius 2 is 1.86 bits per heavy atom. The number of halogens is 1. The van der Waals surface area contributed by atoms with E-state index in [0.717, 1.165) is 28.6 Å². The molecule has 29 heavy (non-hydrogen) atoms. The number of nitrogens with one attached hydrogen (secondary N) is 1. The van der Waals surface area contributed by atoms with Crippen molar-refractivity contribution in [1.82, 2.24) is 10.4 Å². The Morgan fingerprint density at radius 3 is 2.52 bits per heavy atom. The number of carbonyl (C=O) groups excluding carboxylic acids is 2. The SMILES string of the molecule is COc1ccc(C(c2ccsc2)N2NC(=O)C(Sc3ccccc3Cl)C2=O)cc1. The van der Waals surface area contributed by atoms with Crippen molar-refractivity contribution < 1.29 is 14.3 Å². The second kappa shape index (κ2) is 8.49. The van der Waals surface area contributed by atoms with Crippen LogP contribution in [0.2, 0.25) is 5.02 Å². The van der Waals surface area contributed by atoms with Gasteiger partial charge in [0.1, 0.15) is 11.8 Å². The maximum atomic E-state index is 13.2. The van der Waals surface area contributed by atoms with Gasteiger partial charge in [0, 0.05) is 4.90 Å². The molecule has 0 bridgehead atoms. The van der Waals surface area contributed by atoms with E-state index in [1.54, 1.807) is 19.2 Å². The number of hydrazine groups is 1. The fourth-order valence-corrected chi connectivity index (χ4v) is 5.06. The molecule has 2 aromatic carbocycles. The first-order valence-corrected chi connectivity index (χ1v) is 11.0. The predicted molar refractivity (Wildman–Crippen MR) is 115 cm³/mol. The zero-order valence-electron chi connectivity index (χ0n) is 15.4. The maximum absolute atomic E-state index is 13.2. The van der Waals surface area contributed by atoms with Gasteiger partial charge in [-0.25, -0.2) is 5.01 Å². The van der Waals surface area contributed by atoms with Gasteiger partial charge in [-0.15, -0.1) is 11.8 Å². The third-order valence-corrected chi connectivity index (χ3v) is 6.97. The van der Waals surface area contributed by atoms with Crippen LogP contribution in [0.3, 0.4) is 0 Å². The minimum absolute atomic E-state index is 0.299. The van der Waals surface area contributed by atoms with Gasteiger partial charge in [0.05, 0.1) is 12.1 Å². The number of methoxy groups -OCH3 is 1. The van der Waals surface area contributed by atoms with E-state index in [1.807, 2.05) is 53.2 Å². The fourth-order valence-electron chi connectivity index (χ4n) is 3.14. The Labute approximate surface area is 181 Å². The first kappa shape index (κ1) is 19.8. The van der Waals surface area contributed by atoms with Gasteiger partial charge >= 0.3 is 0 Å². The zero-order valence-corrected chi connectivity index (χ0v) is 17.8. The van der Waals surface area contributed by atoms with Crippen LogP contribution in [-0.4, -0.2) is 29.2 Å². The van der Waals surface area contributed by atoms with Crippen molar-refractivity contribution in [3.05, 3.63) is 81.5 Å². The highest BCUT2D eigenvalue weighted by molar-refractivity contribution is 8.01. The van der Waals surface area contributed by atoms with Crippen molar-refractivity contribution in [2.75, 3.05) is 7.11 Å². The van der Waals surface area contributed by atoms with Gasteiger partial charge < -0.3 is 4.74 Å². The summed E-state index contributed by atoms with van der Waals surface area (Å²) in [5.74, 6) is 0.0716. The molecule has 0 spiro atoms. The second-order valence-electron chi connectivity index (χ2n) is 6.34. The number of nitrogens with zero attached hydrogens (tertiary/aromatic N) is 1. The summed E-state index contributed by atoms with van der Waals surface area (Å²) in [6.07, 6.45) is 0. The van der Waals surface area contributed by atoms with E-state index in [0.29, 0.717) is 9.92 Å². The van der Waals surface area contributed by atoms with Crippen LogP contribution in [0.5, 0.6) is 5.75 Å². The quantitative estimate of drug-likeness (QED) is 0.567. The first-order chi connectivity index (χ1) is 14.1. The molecule has 2 unspecified atom stereocenters. The van der Waals surface area contributed by atoms with Crippen molar-refractivity contribution >= 4 is 46.5 Å². The molecule has 2 atom stereocenters. The van der Waals surface area contributed by atoms with Crippen LogP contribution in [0.1, 0.15) is 17.2 Å². The summed E-state index contributed by atoms with van der Waals surface area (Å²) in [6, 6.07) is 16.2. The van der Waals surface area contributed by atoms with E-state index in [-0.39, 0.29) is 11.8 Å². The Balaban J connectivity index is 1.65. The summed E-state index contributed by atoms with van der Waals surface area (Å²) in [4.78, 5) is 26.6. The molecule has 4 rings (SSSR count). The summed E-state index contributed by atoms with van der Waals surface area (Å²) in [5.41, 5.74) is 4.57. The topological polar surface area (TPSA) is 58.6 Å². The van der Waals surface area contributed by atoms with Crippen LogP contribution in [0, 0.1) is 0 Å². The molecule has 3 aromatic rings. The molecule has 8 heteroatoms. The Hall–Kier alpha value is -2.48. The zero-order chi connectivity index (χ0) is 20.4. The molecule has 1 fully saturated rings. The average Bonchev–Trinajstić information content (AvgIpc) is 3.35. The predicted octanol–water partition coefficient (Wildman–Crippen LogP) is 4.53. The molecule has 0 saturated carbocycles. The molecule has 148 valence electrons. The number of hydrogen-bond donors (Lipinski definition) is 1. The Bertz CT molecular complexity index is 1020. The largest absolute Gasteiger partial charge is 0.497 e. The second-order valence-corrected chi connectivity index (χ2v) is 8.68. The van der Waals surface area contributed by atoms with E-state index in [4.69, 9.17) is 16.3 Å². The number of rotatable bonds is 6. The van der Waals surface area contributed by atoms with Gasteiger partial charge in [0.25, 0.3) is 11.8 Å². The summed E-state index contributed by atoms with van der Waals surface area (Å²) < 4.78 is 5.23. The highest BCUT2D eigenvalue weighted by Crippen LogP contribution is 2.37. The van der Waals surface area contributed by atoms with E-state index in [1.165, 1.54) is 16.3 Å². The van der Waals surface area contributed by atoms with Crippen LogP contribution < -0.4 is 10.2 Å². The number of thiophene rings is 1. The molecular weight excluding hydrogens is 428 g/mol. The number of ether oxygens (including phenoxy) is 1. The lowest BCUT2D eigenvalue weighted by atomic mass is 10.0. The Morgan fingerprint density at radius 1 is 1.10 bits per heavy atom. The summed E-state index contributed by atoms with van der Waals surface area (Å²) in [5, 5.41) is 4.96.